The highest BCUT2D eigenvalue weighted by atomic mass is 16.5. The number of hydrogen-bond acceptors (Lipinski definition) is 3. The molecule has 0 spiro atoms. The predicted molar refractivity (Wildman–Crippen MR) is 132 cm³/mol. The molecule has 4 heteroatoms. The van der Waals surface area contributed by atoms with Crippen molar-refractivity contribution >= 4 is 0 Å². The Morgan fingerprint density at radius 3 is 1.97 bits per heavy atom. The van der Waals surface area contributed by atoms with Gasteiger partial charge in [0.25, 0.3) is 0 Å². The molecule has 0 saturated carbocycles. The van der Waals surface area contributed by atoms with E-state index >= 15 is 0 Å². The third-order valence-electron chi connectivity index (χ3n) is 5.49. The Morgan fingerprint density at radius 1 is 0.667 bits per heavy atom. The summed E-state index contributed by atoms with van der Waals surface area (Å²) in [6, 6.07) is 36.5. The van der Waals surface area contributed by atoms with Crippen LogP contribution in [0.2, 0.25) is 0 Å². The summed E-state index contributed by atoms with van der Waals surface area (Å²) in [6.07, 6.45) is 0. The number of hydrogen-bond donors (Lipinski definition) is 1. The zero-order chi connectivity index (χ0) is 22.5. The van der Waals surface area contributed by atoms with Gasteiger partial charge in [0, 0.05) is 16.7 Å². The number of imidazole rings is 1. The smallest absolute Gasteiger partial charge is 0.161 e. The first-order valence-electron chi connectivity index (χ1n) is 10.9. The third-order valence-corrected chi connectivity index (χ3v) is 5.49. The van der Waals surface area contributed by atoms with Crippen LogP contribution in [0.4, 0.5) is 0 Å². The second kappa shape index (κ2) is 9.45. The van der Waals surface area contributed by atoms with E-state index < -0.39 is 0 Å². The maximum absolute atomic E-state index is 6.02. The van der Waals surface area contributed by atoms with Gasteiger partial charge in [-0.25, -0.2) is 4.98 Å². The third kappa shape index (κ3) is 4.51. The number of ether oxygens (including phenoxy) is 2. The first-order valence-corrected chi connectivity index (χ1v) is 10.9. The van der Waals surface area contributed by atoms with Crippen molar-refractivity contribution in [1.82, 2.24) is 9.97 Å². The van der Waals surface area contributed by atoms with Crippen molar-refractivity contribution < 1.29 is 9.47 Å². The summed E-state index contributed by atoms with van der Waals surface area (Å²) in [6.45, 7) is 0.480. The maximum Gasteiger partial charge on any atom is 0.161 e. The number of aromatic nitrogens is 2. The van der Waals surface area contributed by atoms with Gasteiger partial charge in [0.05, 0.1) is 18.5 Å². The lowest BCUT2D eigenvalue weighted by Gasteiger charge is -2.12. The fraction of sp³-hybridized carbons (Fsp3) is 0.0690. The highest BCUT2D eigenvalue weighted by molar-refractivity contribution is 5.81. The van der Waals surface area contributed by atoms with Gasteiger partial charge in [-0.3, -0.25) is 0 Å². The van der Waals surface area contributed by atoms with Crippen LogP contribution in [0, 0.1) is 0 Å². The van der Waals surface area contributed by atoms with E-state index in [-0.39, 0.29) is 0 Å². The van der Waals surface area contributed by atoms with Gasteiger partial charge in [0.1, 0.15) is 12.4 Å². The van der Waals surface area contributed by atoms with Gasteiger partial charge in [0.15, 0.2) is 11.5 Å². The number of methoxy groups -OCH3 is 1. The predicted octanol–water partition coefficient (Wildman–Crippen LogP) is 7.00. The first-order chi connectivity index (χ1) is 16.3. The number of aromatic amines is 1. The van der Waals surface area contributed by atoms with Crippen molar-refractivity contribution in [3.8, 4) is 45.4 Å². The zero-order valence-electron chi connectivity index (χ0n) is 18.4. The number of nitrogens with zero attached hydrogens (tertiary/aromatic N) is 1. The minimum absolute atomic E-state index is 0.480. The van der Waals surface area contributed by atoms with Crippen molar-refractivity contribution in [2.24, 2.45) is 0 Å². The summed E-state index contributed by atoms with van der Waals surface area (Å²) in [5, 5.41) is 0. The summed E-state index contributed by atoms with van der Waals surface area (Å²) in [5.41, 5.74) is 6.09. The standard InChI is InChI=1S/C29H24N2O2/c1-32-26-19-24(17-18-25(26)33-20-21-11-5-2-6-12-21)29-30-27(22-13-7-3-8-14-22)28(31-29)23-15-9-4-10-16-23/h2-19H,20H2,1H3,(H,30,31). The lowest BCUT2D eigenvalue weighted by molar-refractivity contribution is 0.284. The Bertz CT molecular complexity index is 1270. The van der Waals surface area contributed by atoms with E-state index in [2.05, 4.69) is 29.2 Å². The van der Waals surface area contributed by atoms with Crippen molar-refractivity contribution in [3.05, 3.63) is 115 Å². The molecule has 0 fully saturated rings. The molecule has 0 amide bonds. The Balaban J connectivity index is 1.50. The molecule has 5 rings (SSSR count). The Kier molecular flexibility index (Phi) is 5.89. The number of benzene rings is 4. The molecule has 162 valence electrons. The molecule has 0 atom stereocenters. The van der Waals surface area contributed by atoms with Gasteiger partial charge in [-0.15, -0.1) is 0 Å². The Morgan fingerprint density at radius 2 is 1.30 bits per heavy atom. The van der Waals surface area contributed by atoms with Crippen LogP contribution >= 0.6 is 0 Å². The molecule has 1 heterocycles. The average Bonchev–Trinajstić information content (AvgIpc) is 3.35. The first kappa shape index (κ1) is 20.6. The molecule has 1 aromatic heterocycles. The second-order valence-corrected chi connectivity index (χ2v) is 7.68. The minimum Gasteiger partial charge on any atom is -0.493 e. The molecule has 4 nitrogen and oxygen atoms in total. The van der Waals surface area contributed by atoms with E-state index in [4.69, 9.17) is 14.5 Å². The summed E-state index contributed by atoms with van der Waals surface area (Å²) in [5.74, 6) is 2.14. The van der Waals surface area contributed by atoms with Crippen LogP contribution in [0.5, 0.6) is 11.5 Å². The van der Waals surface area contributed by atoms with Crippen LogP contribution in [-0.2, 0) is 6.61 Å². The van der Waals surface area contributed by atoms with Crippen LogP contribution in [-0.4, -0.2) is 17.1 Å². The van der Waals surface area contributed by atoms with Gasteiger partial charge in [-0.1, -0.05) is 91.0 Å². The van der Waals surface area contributed by atoms with Gasteiger partial charge in [-0.05, 0) is 23.8 Å². The molecule has 0 bridgehead atoms. The fourth-order valence-electron chi connectivity index (χ4n) is 3.80. The van der Waals surface area contributed by atoms with Gasteiger partial charge in [-0.2, -0.15) is 0 Å². The highest BCUT2D eigenvalue weighted by Crippen LogP contribution is 2.36. The average molecular weight is 433 g/mol. The van der Waals surface area contributed by atoms with Crippen LogP contribution in [0.25, 0.3) is 33.9 Å². The maximum atomic E-state index is 6.02. The molecular weight excluding hydrogens is 408 g/mol. The summed E-state index contributed by atoms with van der Waals surface area (Å²) in [7, 11) is 1.65. The summed E-state index contributed by atoms with van der Waals surface area (Å²) >= 11 is 0. The number of H-pyrrole nitrogens is 1. The fourth-order valence-corrected chi connectivity index (χ4v) is 3.80. The molecule has 1 N–H and O–H groups in total. The monoisotopic (exact) mass is 432 g/mol. The van der Waals surface area contributed by atoms with Gasteiger partial charge < -0.3 is 14.5 Å². The van der Waals surface area contributed by atoms with Crippen LogP contribution in [0.1, 0.15) is 5.56 Å². The molecule has 4 aromatic carbocycles. The van der Waals surface area contributed by atoms with Crippen molar-refractivity contribution in [2.45, 2.75) is 6.61 Å². The van der Waals surface area contributed by atoms with Gasteiger partial charge >= 0.3 is 0 Å². The van der Waals surface area contributed by atoms with E-state index in [1.165, 1.54) is 0 Å². The number of nitrogens with one attached hydrogen (secondary N) is 1. The van der Waals surface area contributed by atoms with Crippen LogP contribution < -0.4 is 9.47 Å². The van der Waals surface area contributed by atoms with Gasteiger partial charge in [0.2, 0.25) is 0 Å². The van der Waals surface area contributed by atoms with Crippen molar-refractivity contribution in [1.29, 1.82) is 0 Å². The van der Waals surface area contributed by atoms with E-state index in [1.807, 2.05) is 84.9 Å². The second-order valence-electron chi connectivity index (χ2n) is 7.68. The molecule has 0 aliphatic carbocycles. The Hall–Kier alpha value is -4.31. The Labute approximate surface area is 193 Å². The lowest BCUT2D eigenvalue weighted by Crippen LogP contribution is -1.98. The molecule has 0 unspecified atom stereocenters. The molecular formula is C29H24N2O2. The summed E-state index contributed by atoms with van der Waals surface area (Å²) in [4.78, 5) is 8.51. The van der Waals surface area contributed by atoms with Crippen LogP contribution in [0.15, 0.2) is 109 Å². The lowest BCUT2D eigenvalue weighted by atomic mass is 10.1. The SMILES string of the molecule is COc1cc(-c2nc(-c3ccccc3)c(-c3ccccc3)[nH]2)ccc1OCc1ccccc1. The normalized spacial score (nSPS) is 10.7. The topological polar surface area (TPSA) is 47.1 Å². The zero-order valence-corrected chi connectivity index (χ0v) is 18.4. The van der Waals surface area contributed by atoms with Crippen LogP contribution in [0.3, 0.4) is 0 Å². The molecule has 0 radical (unpaired) electrons. The molecule has 0 saturated heterocycles. The molecule has 5 aromatic rings. The van der Waals surface area contributed by atoms with E-state index in [0.717, 1.165) is 39.5 Å². The molecule has 0 aliphatic rings. The molecule has 0 aliphatic heterocycles. The minimum atomic E-state index is 0.480. The van der Waals surface area contributed by atoms with E-state index in [9.17, 15) is 0 Å². The summed E-state index contributed by atoms with van der Waals surface area (Å²) < 4.78 is 11.7. The van der Waals surface area contributed by atoms with E-state index in [1.54, 1.807) is 7.11 Å². The number of rotatable bonds is 7. The highest BCUT2D eigenvalue weighted by Gasteiger charge is 2.16. The quantitative estimate of drug-likeness (QED) is 0.301. The van der Waals surface area contributed by atoms with E-state index in [0.29, 0.717) is 18.1 Å². The largest absolute Gasteiger partial charge is 0.493 e. The van der Waals surface area contributed by atoms with Crippen molar-refractivity contribution in [3.63, 3.8) is 0 Å². The van der Waals surface area contributed by atoms with Crippen molar-refractivity contribution in [2.75, 3.05) is 7.11 Å². The molecule has 33 heavy (non-hydrogen) atoms.